The van der Waals surface area contributed by atoms with Crippen molar-refractivity contribution in [2.24, 2.45) is 0 Å². The molecule has 0 fully saturated rings. The lowest BCUT2D eigenvalue weighted by Crippen LogP contribution is -1.73. The highest BCUT2D eigenvalue weighted by molar-refractivity contribution is 5.77. The van der Waals surface area contributed by atoms with Gasteiger partial charge in [0.25, 0.3) is 0 Å². The molecule has 3 aromatic rings. The van der Waals surface area contributed by atoms with Crippen LogP contribution < -0.4 is 0 Å². The first-order chi connectivity index (χ1) is 7.97. The van der Waals surface area contributed by atoms with Gasteiger partial charge in [-0.3, -0.25) is 4.98 Å². The van der Waals surface area contributed by atoms with Crippen LogP contribution in [-0.4, -0.2) is 10.5 Å². The molecule has 17 heavy (non-hydrogen) atoms. The molecule has 0 saturated carbocycles. The van der Waals surface area contributed by atoms with E-state index >= 15 is 0 Å². The fourth-order valence-corrected chi connectivity index (χ4v) is 1.40. The maximum absolute atomic E-state index is 4.18. The number of rotatable bonds is 0. The standard InChI is InChI=1S/C9H7N.C6H6.H2O/c1-2-6-9-8(4-1)5-3-7-10-9;1-2-4-6-5-3-1;/h1-7H;1-6H;1H2. The van der Waals surface area contributed by atoms with Crippen LogP contribution in [0.3, 0.4) is 0 Å². The average Bonchev–Trinajstić information content (AvgIpc) is 2.42. The van der Waals surface area contributed by atoms with E-state index in [0.717, 1.165) is 5.52 Å². The minimum absolute atomic E-state index is 0. The van der Waals surface area contributed by atoms with E-state index in [1.165, 1.54) is 5.39 Å². The monoisotopic (exact) mass is 225 g/mol. The Labute approximate surface area is 101 Å². The highest BCUT2D eigenvalue weighted by atomic mass is 16.0. The van der Waals surface area contributed by atoms with Crippen molar-refractivity contribution < 1.29 is 5.48 Å². The second kappa shape index (κ2) is 7.14. The molecule has 0 atom stereocenters. The van der Waals surface area contributed by atoms with Gasteiger partial charge < -0.3 is 5.48 Å². The molecule has 1 heterocycles. The minimum Gasteiger partial charge on any atom is -0.412 e. The van der Waals surface area contributed by atoms with Crippen LogP contribution in [0, 0.1) is 0 Å². The lowest BCUT2D eigenvalue weighted by molar-refractivity contribution is 0.824. The summed E-state index contributed by atoms with van der Waals surface area (Å²) in [6.07, 6.45) is 1.81. The van der Waals surface area contributed by atoms with Crippen molar-refractivity contribution >= 4 is 10.9 Å². The lowest BCUT2D eigenvalue weighted by atomic mass is 10.2. The molecule has 1 aromatic heterocycles. The molecule has 2 heteroatoms. The highest BCUT2D eigenvalue weighted by Crippen LogP contribution is 2.07. The van der Waals surface area contributed by atoms with E-state index in [0.29, 0.717) is 0 Å². The number of hydrogen-bond acceptors (Lipinski definition) is 1. The molecule has 0 aliphatic heterocycles. The number of para-hydroxylation sites is 1. The minimum atomic E-state index is 0. The van der Waals surface area contributed by atoms with Crippen molar-refractivity contribution in [3.8, 4) is 0 Å². The summed E-state index contributed by atoms with van der Waals surface area (Å²) in [5.41, 5.74) is 1.06. The number of benzene rings is 2. The van der Waals surface area contributed by atoms with Crippen molar-refractivity contribution in [3.05, 3.63) is 79.0 Å². The van der Waals surface area contributed by atoms with Crippen LogP contribution in [0.4, 0.5) is 0 Å². The summed E-state index contributed by atoms with van der Waals surface area (Å²) >= 11 is 0. The van der Waals surface area contributed by atoms with Gasteiger partial charge in [-0.15, -0.1) is 0 Å². The summed E-state index contributed by atoms with van der Waals surface area (Å²) in [6.45, 7) is 0. The third-order valence-corrected chi connectivity index (χ3v) is 2.18. The Morgan fingerprint density at radius 3 is 1.71 bits per heavy atom. The molecule has 2 aromatic carbocycles. The van der Waals surface area contributed by atoms with Gasteiger partial charge in [-0.1, -0.05) is 60.7 Å². The van der Waals surface area contributed by atoms with E-state index in [1.54, 1.807) is 0 Å². The van der Waals surface area contributed by atoms with Gasteiger partial charge in [0.2, 0.25) is 0 Å². The number of hydrogen-bond donors (Lipinski definition) is 0. The number of pyridine rings is 1. The maximum Gasteiger partial charge on any atom is 0.0701 e. The third-order valence-electron chi connectivity index (χ3n) is 2.18. The summed E-state index contributed by atoms with van der Waals surface area (Å²) < 4.78 is 0. The summed E-state index contributed by atoms with van der Waals surface area (Å²) in [6, 6.07) is 24.1. The van der Waals surface area contributed by atoms with E-state index in [-0.39, 0.29) is 5.48 Å². The molecule has 2 N–H and O–H groups in total. The van der Waals surface area contributed by atoms with E-state index in [4.69, 9.17) is 0 Å². The maximum atomic E-state index is 4.18. The number of nitrogens with zero attached hydrogens (tertiary/aromatic N) is 1. The van der Waals surface area contributed by atoms with Crippen LogP contribution in [0.5, 0.6) is 0 Å². The van der Waals surface area contributed by atoms with Crippen LogP contribution in [0.1, 0.15) is 0 Å². The molecular weight excluding hydrogens is 210 g/mol. The molecule has 3 rings (SSSR count). The Bertz CT molecular complexity index is 445. The van der Waals surface area contributed by atoms with Crippen molar-refractivity contribution in [2.45, 2.75) is 0 Å². The van der Waals surface area contributed by atoms with Gasteiger partial charge in [-0.2, -0.15) is 0 Å². The molecule has 0 amide bonds. The molecule has 86 valence electrons. The van der Waals surface area contributed by atoms with Crippen LogP contribution >= 0.6 is 0 Å². The summed E-state index contributed by atoms with van der Waals surface area (Å²) in [7, 11) is 0. The Morgan fingerprint density at radius 2 is 1.12 bits per heavy atom. The molecule has 0 aliphatic rings. The second-order valence-electron chi connectivity index (χ2n) is 3.35. The van der Waals surface area contributed by atoms with Gasteiger partial charge >= 0.3 is 0 Å². The van der Waals surface area contributed by atoms with Crippen LogP contribution in [0.2, 0.25) is 0 Å². The molecule has 0 radical (unpaired) electrons. The van der Waals surface area contributed by atoms with Crippen molar-refractivity contribution in [1.29, 1.82) is 0 Å². The van der Waals surface area contributed by atoms with E-state index in [9.17, 15) is 0 Å². The largest absolute Gasteiger partial charge is 0.412 e. The quantitative estimate of drug-likeness (QED) is 0.579. The molecule has 0 saturated heterocycles. The molecular formula is C15H15NO. The Kier molecular flexibility index (Phi) is 5.41. The predicted molar refractivity (Wildman–Crippen MR) is 71.8 cm³/mol. The van der Waals surface area contributed by atoms with Crippen molar-refractivity contribution in [2.75, 3.05) is 0 Å². The second-order valence-corrected chi connectivity index (χ2v) is 3.35. The topological polar surface area (TPSA) is 44.4 Å². The Balaban J connectivity index is 0.000000180. The zero-order valence-corrected chi connectivity index (χ0v) is 9.45. The van der Waals surface area contributed by atoms with Gasteiger partial charge in [0.1, 0.15) is 0 Å². The molecule has 0 unspecified atom stereocenters. The van der Waals surface area contributed by atoms with Crippen molar-refractivity contribution in [3.63, 3.8) is 0 Å². The van der Waals surface area contributed by atoms with Crippen LogP contribution in [0.25, 0.3) is 10.9 Å². The smallest absolute Gasteiger partial charge is 0.0701 e. The van der Waals surface area contributed by atoms with Gasteiger partial charge in [-0.25, -0.2) is 0 Å². The first kappa shape index (κ1) is 12.9. The fraction of sp³-hybridized carbons (Fsp3) is 0. The Morgan fingerprint density at radius 1 is 0.588 bits per heavy atom. The summed E-state index contributed by atoms with van der Waals surface area (Å²) in [5.74, 6) is 0. The van der Waals surface area contributed by atoms with Crippen LogP contribution in [-0.2, 0) is 0 Å². The van der Waals surface area contributed by atoms with Crippen LogP contribution in [0.15, 0.2) is 79.0 Å². The third kappa shape index (κ3) is 4.05. The van der Waals surface area contributed by atoms with E-state index < -0.39 is 0 Å². The fourth-order valence-electron chi connectivity index (χ4n) is 1.40. The summed E-state index contributed by atoms with van der Waals surface area (Å²) in [5, 5.41) is 1.20. The normalized spacial score (nSPS) is 8.71. The summed E-state index contributed by atoms with van der Waals surface area (Å²) in [4.78, 5) is 4.18. The molecule has 0 bridgehead atoms. The first-order valence-corrected chi connectivity index (χ1v) is 5.26. The number of aromatic nitrogens is 1. The van der Waals surface area contributed by atoms with E-state index in [1.807, 2.05) is 66.9 Å². The highest BCUT2D eigenvalue weighted by Gasteiger charge is 1.86. The van der Waals surface area contributed by atoms with Crippen molar-refractivity contribution in [1.82, 2.24) is 4.98 Å². The lowest BCUT2D eigenvalue weighted by Gasteiger charge is -1.91. The van der Waals surface area contributed by atoms with Gasteiger partial charge in [0, 0.05) is 11.6 Å². The van der Waals surface area contributed by atoms with Gasteiger partial charge in [-0.05, 0) is 12.1 Å². The average molecular weight is 225 g/mol. The number of fused-ring (bicyclic) bond motifs is 1. The zero-order chi connectivity index (χ0) is 11.1. The van der Waals surface area contributed by atoms with Gasteiger partial charge in [0.15, 0.2) is 0 Å². The SMILES string of the molecule is O.c1ccc2ncccc2c1.c1ccccc1. The first-order valence-electron chi connectivity index (χ1n) is 5.26. The van der Waals surface area contributed by atoms with E-state index in [2.05, 4.69) is 17.1 Å². The predicted octanol–water partition coefficient (Wildman–Crippen LogP) is 3.10. The molecule has 0 spiro atoms. The Hall–Kier alpha value is -2.19. The molecule has 0 aliphatic carbocycles. The zero-order valence-electron chi connectivity index (χ0n) is 9.45. The molecule has 2 nitrogen and oxygen atoms in total. The van der Waals surface area contributed by atoms with Gasteiger partial charge in [0.05, 0.1) is 5.52 Å².